The maximum Gasteiger partial charge on any atom is 0.0948 e. The summed E-state index contributed by atoms with van der Waals surface area (Å²) >= 11 is 0. The molecule has 0 radical (unpaired) electrons. The largest absolute Gasteiger partial charge is 0.333 e. The summed E-state index contributed by atoms with van der Waals surface area (Å²) in [4.78, 5) is 4.18. The quantitative estimate of drug-likeness (QED) is 0.777. The Balaban J connectivity index is 2.61. The first-order valence-corrected chi connectivity index (χ1v) is 5.28. The molecule has 3 nitrogen and oxygen atoms in total. The van der Waals surface area contributed by atoms with Gasteiger partial charge in [0.1, 0.15) is 0 Å². The van der Waals surface area contributed by atoms with E-state index in [1.165, 1.54) is 5.69 Å². The summed E-state index contributed by atoms with van der Waals surface area (Å²) in [5.41, 5.74) is 1.26. The summed E-state index contributed by atoms with van der Waals surface area (Å²) in [5, 5.41) is 3.15. The topological polar surface area (TPSA) is 29.9 Å². The van der Waals surface area contributed by atoms with Gasteiger partial charge in [-0.3, -0.25) is 0 Å². The third-order valence-electron chi connectivity index (χ3n) is 2.78. The van der Waals surface area contributed by atoms with E-state index in [9.17, 15) is 0 Å². The Morgan fingerprint density at radius 3 is 2.71 bits per heavy atom. The van der Waals surface area contributed by atoms with Crippen LogP contribution in [0.15, 0.2) is 12.5 Å². The van der Waals surface area contributed by atoms with Crippen molar-refractivity contribution in [2.75, 3.05) is 7.05 Å². The fourth-order valence-electron chi connectivity index (χ4n) is 1.36. The van der Waals surface area contributed by atoms with Crippen LogP contribution in [0.3, 0.4) is 0 Å². The van der Waals surface area contributed by atoms with Crippen LogP contribution in [0.25, 0.3) is 0 Å². The molecule has 1 rings (SSSR count). The molecular weight excluding hydrogens is 174 g/mol. The summed E-state index contributed by atoms with van der Waals surface area (Å²) < 4.78 is 2.24. The SMILES string of the molecule is CNCc1cncn1CC(C)C(C)C. The molecule has 1 unspecified atom stereocenters. The second-order valence-electron chi connectivity index (χ2n) is 4.29. The van der Waals surface area contributed by atoms with E-state index in [1.54, 1.807) is 0 Å². The van der Waals surface area contributed by atoms with Gasteiger partial charge in [0, 0.05) is 19.3 Å². The van der Waals surface area contributed by atoms with Crippen molar-refractivity contribution in [3.8, 4) is 0 Å². The molecule has 80 valence electrons. The molecule has 0 saturated heterocycles. The molecule has 3 heteroatoms. The van der Waals surface area contributed by atoms with Gasteiger partial charge in [-0.25, -0.2) is 4.98 Å². The number of hydrogen-bond donors (Lipinski definition) is 1. The van der Waals surface area contributed by atoms with Crippen molar-refractivity contribution in [3.05, 3.63) is 18.2 Å². The minimum atomic E-state index is 0.694. The summed E-state index contributed by atoms with van der Waals surface area (Å²) in [6.07, 6.45) is 3.86. The van der Waals surface area contributed by atoms with Crippen molar-refractivity contribution < 1.29 is 0 Å². The number of nitrogens with zero attached hydrogens (tertiary/aromatic N) is 2. The van der Waals surface area contributed by atoms with E-state index in [1.807, 2.05) is 19.6 Å². The lowest BCUT2D eigenvalue weighted by molar-refractivity contribution is 0.359. The molecule has 0 aliphatic carbocycles. The number of rotatable bonds is 5. The standard InChI is InChI=1S/C11H21N3/c1-9(2)10(3)7-14-8-13-6-11(14)5-12-4/h6,8-10,12H,5,7H2,1-4H3. The Bertz CT molecular complexity index is 265. The highest BCUT2D eigenvalue weighted by Crippen LogP contribution is 2.13. The van der Waals surface area contributed by atoms with Crippen LogP contribution in [0.2, 0.25) is 0 Å². The maximum atomic E-state index is 4.18. The van der Waals surface area contributed by atoms with E-state index in [-0.39, 0.29) is 0 Å². The van der Waals surface area contributed by atoms with Gasteiger partial charge in [-0.2, -0.15) is 0 Å². The van der Waals surface area contributed by atoms with Gasteiger partial charge in [0.25, 0.3) is 0 Å². The third-order valence-corrected chi connectivity index (χ3v) is 2.78. The molecule has 0 spiro atoms. The molecule has 0 aromatic carbocycles. The summed E-state index contributed by atoms with van der Waals surface area (Å²) in [6.45, 7) is 8.77. The lowest BCUT2D eigenvalue weighted by Gasteiger charge is -2.17. The van der Waals surface area contributed by atoms with E-state index < -0.39 is 0 Å². The lowest BCUT2D eigenvalue weighted by atomic mass is 9.98. The summed E-state index contributed by atoms with van der Waals surface area (Å²) in [5.74, 6) is 1.42. The Morgan fingerprint density at radius 1 is 1.43 bits per heavy atom. The van der Waals surface area contributed by atoms with Crippen molar-refractivity contribution >= 4 is 0 Å². The molecule has 1 heterocycles. The minimum absolute atomic E-state index is 0.694. The number of imidazole rings is 1. The van der Waals surface area contributed by atoms with E-state index in [0.29, 0.717) is 5.92 Å². The van der Waals surface area contributed by atoms with Gasteiger partial charge < -0.3 is 9.88 Å². The average Bonchev–Trinajstić information content (AvgIpc) is 2.53. The molecule has 14 heavy (non-hydrogen) atoms. The highest BCUT2D eigenvalue weighted by atomic mass is 15.1. The van der Waals surface area contributed by atoms with Crippen molar-refractivity contribution in [1.82, 2.24) is 14.9 Å². The van der Waals surface area contributed by atoms with Gasteiger partial charge in [0.05, 0.1) is 12.0 Å². The molecule has 1 aromatic rings. The van der Waals surface area contributed by atoms with Crippen LogP contribution < -0.4 is 5.32 Å². The number of aromatic nitrogens is 2. The second kappa shape index (κ2) is 5.15. The first-order chi connectivity index (χ1) is 6.65. The first-order valence-electron chi connectivity index (χ1n) is 5.28. The lowest BCUT2D eigenvalue weighted by Crippen LogP contribution is -2.16. The molecule has 1 aromatic heterocycles. The van der Waals surface area contributed by atoms with Crippen LogP contribution in [0.5, 0.6) is 0 Å². The fourth-order valence-corrected chi connectivity index (χ4v) is 1.36. The van der Waals surface area contributed by atoms with Crippen LogP contribution >= 0.6 is 0 Å². The van der Waals surface area contributed by atoms with Gasteiger partial charge >= 0.3 is 0 Å². The summed E-state index contributed by atoms with van der Waals surface area (Å²) in [6, 6.07) is 0. The van der Waals surface area contributed by atoms with Crippen molar-refractivity contribution in [3.63, 3.8) is 0 Å². The molecule has 0 bridgehead atoms. The molecule has 0 aliphatic heterocycles. The fraction of sp³-hybridized carbons (Fsp3) is 0.727. The molecule has 0 aliphatic rings. The Hall–Kier alpha value is -0.830. The predicted molar refractivity (Wildman–Crippen MR) is 59.0 cm³/mol. The molecule has 0 amide bonds. The maximum absolute atomic E-state index is 4.18. The van der Waals surface area contributed by atoms with E-state index in [2.05, 4.69) is 35.6 Å². The monoisotopic (exact) mass is 195 g/mol. The Labute approximate surface area is 86.5 Å². The number of nitrogens with one attached hydrogen (secondary N) is 1. The van der Waals surface area contributed by atoms with Gasteiger partial charge in [-0.15, -0.1) is 0 Å². The Morgan fingerprint density at radius 2 is 2.14 bits per heavy atom. The predicted octanol–water partition coefficient (Wildman–Crippen LogP) is 1.89. The zero-order valence-corrected chi connectivity index (χ0v) is 9.62. The molecular formula is C11H21N3. The van der Waals surface area contributed by atoms with E-state index >= 15 is 0 Å². The van der Waals surface area contributed by atoms with Crippen LogP contribution in [0, 0.1) is 11.8 Å². The van der Waals surface area contributed by atoms with E-state index in [0.717, 1.165) is 19.0 Å². The van der Waals surface area contributed by atoms with E-state index in [4.69, 9.17) is 0 Å². The average molecular weight is 195 g/mol. The molecule has 0 fully saturated rings. The number of hydrogen-bond acceptors (Lipinski definition) is 2. The smallest absolute Gasteiger partial charge is 0.0948 e. The summed E-state index contributed by atoms with van der Waals surface area (Å²) in [7, 11) is 1.96. The zero-order valence-electron chi connectivity index (χ0n) is 9.62. The van der Waals surface area contributed by atoms with Gasteiger partial charge in [0.2, 0.25) is 0 Å². The normalized spacial score (nSPS) is 13.5. The Kier molecular flexibility index (Phi) is 4.14. The zero-order chi connectivity index (χ0) is 10.6. The van der Waals surface area contributed by atoms with Gasteiger partial charge in [0.15, 0.2) is 0 Å². The van der Waals surface area contributed by atoms with Crippen molar-refractivity contribution in [2.45, 2.75) is 33.9 Å². The molecule has 0 saturated carbocycles. The van der Waals surface area contributed by atoms with Crippen LogP contribution in [-0.4, -0.2) is 16.6 Å². The van der Waals surface area contributed by atoms with Crippen molar-refractivity contribution in [1.29, 1.82) is 0 Å². The highest BCUT2D eigenvalue weighted by molar-refractivity contribution is 4.97. The van der Waals surface area contributed by atoms with Crippen LogP contribution in [0.4, 0.5) is 0 Å². The highest BCUT2D eigenvalue weighted by Gasteiger charge is 2.09. The van der Waals surface area contributed by atoms with Crippen molar-refractivity contribution in [2.24, 2.45) is 11.8 Å². The first kappa shape index (κ1) is 11.2. The van der Waals surface area contributed by atoms with Gasteiger partial charge in [-0.1, -0.05) is 20.8 Å². The van der Waals surface area contributed by atoms with Crippen LogP contribution in [-0.2, 0) is 13.1 Å². The van der Waals surface area contributed by atoms with Crippen LogP contribution in [0.1, 0.15) is 26.5 Å². The van der Waals surface area contributed by atoms with Gasteiger partial charge in [-0.05, 0) is 18.9 Å². The molecule has 1 N–H and O–H groups in total. The molecule has 1 atom stereocenters. The third kappa shape index (κ3) is 2.84. The minimum Gasteiger partial charge on any atom is -0.333 e. The second-order valence-corrected chi connectivity index (χ2v) is 4.29.